The summed E-state index contributed by atoms with van der Waals surface area (Å²) in [6.45, 7) is 6.86. The summed E-state index contributed by atoms with van der Waals surface area (Å²) in [6.07, 6.45) is 3.56. The van der Waals surface area contributed by atoms with Crippen LogP contribution in [0.2, 0.25) is 0 Å². The Labute approximate surface area is 110 Å². The zero-order valence-electron chi connectivity index (χ0n) is 11.5. The Balaban J connectivity index is 2.44. The molecule has 0 aromatic heterocycles. The summed E-state index contributed by atoms with van der Waals surface area (Å²) in [6, 6.07) is 7.44. The maximum absolute atomic E-state index is 11.6. The Morgan fingerprint density at radius 1 is 1.22 bits per heavy atom. The first-order valence-electron chi connectivity index (χ1n) is 6.68. The highest BCUT2D eigenvalue weighted by Crippen LogP contribution is 2.11. The largest absolute Gasteiger partial charge is 0.459 e. The highest BCUT2D eigenvalue weighted by molar-refractivity contribution is 5.89. The third-order valence-electron chi connectivity index (χ3n) is 2.57. The summed E-state index contributed by atoms with van der Waals surface area (Å²) in [7, 11) is 0. The van der Waals surface area contributed by atoms with E-state index in [1.165, 1.54) is 19.3 Å². The maximum atomic E-state index is 11.6. The molecule has 0 bridgehead atoms. The van der Waals surface area contributed by atoms with Gasteiger partial charge in [-0.2, -0.15) is 0 Å². The van der Waals surface area contributed by atoms with Crippen LogP contribution < -0.4 is 5.32 Å². The van der Waals surface area contributed by atoms with E-state index >= 15 is 0 Å². The Morgan fingerprint density at radius 2 is 1.89 bits per heavy atom. The quantitative estimate of drug-likeness (QED) is 0.589. The Hall–Kier alpha value is -1.51. The summed E-state index contributed by atoms with van der Waals surface area (Å²) in [5, 5.41) is 3.33. The van der Waals surface area contributed by atoms with Crippen LogP contribution in [0.5, 0.6) is 0 Å². The lowest BCUT2D eigenvalue weighted by Gasteiger charge is -2.09. The van der Waals surface area contributed by atoms with Crippen LogP contribution in [-0.2, 0) is 4.74 Å². The smallest absolute Gasteiger partial charge is 0.338 e. The Morgan fingerprint density at radius 3 is 2.44 bits per heavy atom. The molecule has 1 aromatic carbocycles. The molecule has 3 nitrogen and oxygen atoms in total. The zero-order valence-corrected chi connectivity index (χ0v) is 11.5. The lowest BCUT2D eigenvalue weighted by molar-refractivity contribution is 0.0378. The second kappa shape index (κ2) is 7.75. The third-order valence-corrected chi connectivity index (χ3v) is 2.57. The summed E-state index contributed by atoms with van der Waals surface area (Å²) >= 11 is 0. The monoisotopic (exact) mass is 249 g/mol. The van der Waals surface area contributed by atoms with Gasteiger partial charge in [-0.1, -0.05) is 19.8 Å². The standard InChI is InChI=1S/C15H23NO2/c1-4-5-6-11-16-14-9-7-13(8-10-14)15(17)18-12(2)3/h7-10,12,16H,4-6,11H2,1-3H3. The predicted molar refractivity (Wildman–Crippen MR) is 75.0 cm³/mol. The van der Waals surface area contributed by atoms with Crippen LogP contribution in [0.4, 0.5) is 5.69 Å². The van der Waals surface area contributed by atoms with E-state index in [1.807, 2.05) is 26.0 Å². The number of hydrogen-bond donors (Lipinski definition) is 1. The van der Waals surface area contributed by atoms with E-state index in [1.54, 1.807) is 12.1 Å². The van der Waals surface area contributed by atoms with Crippen LogP contribution in [0, 0.1) is 0 Å². The molecular formula is C15H23NO2. The van der Waals surface area contributed by atoms with Crippen LogP contribution in [0.25, 0.3) is 0 Å². The molecule has 0 radical (unpaired) electrons. The van der Waals surface area contributed by atoms with Crippen molar-refractivity contribution in [1.82, 2.24) is 0 Å². The van der Waals surface area contributed by atoms with Crippen molar-refractivity contribution in [3.63, 3.8) is 0 Å². The summed E-state index contributed by atoms with van der Waals surface area (Å²) < 4.78 is 5.13. The number of rotatable bonds is 7. The SMILES string of the molecule is CCCCCNc1ccc(C(=O)OC(C)C)cc1. The number of unbranched alkanes of at least 4 members (excludes halogenated alkanes) is 2. The predicted octanol–water partition coefficient (Wildman–Crippen LogP) is 3.85. The molecule has 0 aliphatic rings. The molecule has 0 saturated heterocycles. The number of anilines is 1. The molecule has 0 amide bonds. The summed E-state index contributed by atoms with van der Waals surface area (Å²) in [5.41, 5.74) is 1.65. The number of esters is 1. The molecule has 1 aromatic rings. The van der Waals surface area contributed by atoms with Gasteiger partial charge in [0.2, 0.25) is 0 Å². The van der Waals surface area contributed by atoms with Gasteiger partial charge in [0, 0.05) is 12.2 Å². The van der Waals surface area contributed by atoms with Gasteiger partial charge in [-0.15, -0.1) is 0 Å². The molecule has 0 saturated carbocycles. The molecule has 3 heteroatoms. The van der Waals surface area contributed by atoms with Crippen LogP contribution in [-0.4, -0.2) is 18.6 Å². The van der Waals surface area contributed by atoms with Gasteiger partial charge in [0.25, 0.3) is 0 Å². The number of carbonyl (C=O) groups excluding carboxylic acids is 1. The fourth-order valence-electron chi connectivity index (χ4n) is 1.61. The highest BCUT2D eigenvalue weighted by Gasteiger charge is 2.08. The number of hydrogen-bond acceptors (Lipinski definition) is 3. The van der Waals surface area contributed by atoms with E-state index in [2.05, 4.69) is 12.2 Å². The first-order chi connectivity index (χ1) is 8.63. The highest BCUT2D eigenvalue weighted by atomic mass is 16.5. The molecule has 0 heterocycles. The maximum Gasteiger partial charge on any atom is 0.338 e. The fourth-order valence-corrected chi connectivity index (χ4v) is 1.61. The fraction of sp³-hybridized carbons (Fsp3) is 0.533. The van der Waals surface area contributed by atoms with Gasteiger partial charge in [-0.05, 0) is 44.5 Å². The molecule has 1 rings (SSSR count). The Bertz CT molecular complexity index is 357. The number of ether oxygens (including phenoxy) is 1. The normalized spacial score (nSPS) is 10.4. The summed E-state index contributed by atoms with van der Waals surface area (Å²) in [5.74, 6) is -0.262. The minimum atomic E-state index is -0.262. The van der Waals surface area contributed by atoms with E-state index < -0.39 is 0 Å². The van der Waals surface area contributed by atoms with Crippen molar-refractivity contribution < 1.29 is 9.53 Å². The van der Waals surface area contributed by atoms with Gasteiger partial charge in [0.1, 0.15) is 0 Å². The second-order valence-corrected chi connectivity index (χ2v) is 4.67. The van der Waals surface area contributed by atoms with Crippen molar-refractivity contribution in [3.8, 4) is 0 Å². The van der Waals surface area contributed by atoms with Crippen LogP contribution >= 0.6 is 0 Å². The lowest BCUT2D eigenvalue weighted by Crippen LogP contribution is -2.11. The van der Waals surface area contributed by atoms with E-state index in [9.17, 15) is 4.79 Å². The van der Waals surface area contributed by atoms with Crippen molar-refractivity contribution in [2.45, 2.75) is 46.1 Å². The van der Waals surface area contributed by atoms with Gasteiger partial charge in [0.05, 0.1) is 11.7 Å². The number of carbonyl (C=O) groups is 1. The van der Waals surface area contributed by atoms with Crippen LogP contribution in [0.1, 0.15) is 50.4 Å². The van der Waals surface area contributed by atoms with Gasteiger partial charge in [0.15, 0.2) is 0 Å². The molecule has 0 unspecified atom stereocenters. The molecule has 100 valence electrons. The minimum Gasteiger partial charge on any atom is -0.459 e. The molecule has 1 N–H and O–H groups in total. The van der Waals surface area contributed by atoms with Gasteiger partial charge in [-0.3, -0.25) is 0 Å². The van der Waals surface area contributed by atoms with Crippen molar-refractivity contribution in [3.05, 3.63) is 29.8 Å². The van der Waals surface area contributed by atoms with E-state index in [4.69, 9.17) is 4.74 Å². The van der Waals surface area contributed by atoms with Gasteiger partial charge >= 0.3 is 5.97 Å². The topological polar surface area (TPSA) is 38.3 Å². The van der Waals surface area contributed by atoms with Crippen molar-refractivity contribution in [2.75, 3.05) is 11.9 Å². The second-order valence-electron chi connectivity index (χ2n) is 4.67. The molecule has 0 aliphatic heterocycles. The lowest BCUT2D eigenvalue weighted by atomic mass is 10.2. The van der Waals surface area contributed by atoms with Crippen molar-refractivity contribution in [2.24, 2.45) is 0 Å². The Kier molecular flexibility index (Phi) is 6.26. The van der Waals surface area contributed by atoms with Crippen molar-refractivity contribution >= 4 is 11.7 Å². The average Bonchev–Trinajstić information content (AvgIpc) is 2.34. The third kappa shape index (κ3) is 5.21. The average molecular weight is 249 g/mol. The van der Waals surface area contributed by atoms with Gasteiger partial charge in [-0.25, -0.2) is 4.79 Å². The van der Waals surface area contributed by atoms with E-state index in [-0.39, 0.29) is 12.1 Å². The molecule has 0 aliphatic carbocycles. The van der Waals surface area contributed by atoms with E-state index in [0.29, 0.717) is 5.56 Å². The molecule has 0 spiro atoms. The molecule has 0 atom stereocenters. The van der Waals surface area contributed by atoms with Crippen LogP contribution in [0.3, 0.4) is 0 Å². The summed E-state index contributed by atoms with van der Waals surface area (Å²) in [4.78, 5) is 11.6. The van der Waals surface area contributed by atoms with Gasteiger partial charge < -0.3 is 10.1 Å². The van der Waals surface area contributed by atoms with Crippen LogP contribution in [0.15, 0.2) is 24.3 Å². The molecule has 18 heavy (non-hydrogen) atoms. The van der Waals surface area contributed by atoms with Crippen molar-refractivity contribution in [1.29, 1.82) is 0 Å². The molecular weight excluding hydrogens is 226 g/mol. The first kappa shape index (κ1) is 14.6. The zero-order chi connectivity index (χ0) is 13.4. The molecule has 0 fully saturated rings. The minimum absolute atomic E-state index is 0.0793. The first-order valence-corrected chi connectivity index (χ1v) is 6.68. The number of nitrogens with one attached hydrogen (secondary N) is 1. The van der Waals surface area contributed by atoms with E-state index in [0.717, 1.165) is 12.2 Å². The number of benzene rings is 1.